The van der Waals surface area contributed by atoms with Gasteiger partial charge in [-0.15, -0.1) is 0 Å². The standard InChI is InChI=1S/C13H19N3O2/c14-7-11-6-12(18-13(15)17)9-16(11)8-10-4-2-1-3-5-10/h1-5,11-12H,6-9,14H2,(H2,15,17)/t11-,12-/m0/s1. The van der Waals surface area contributed by atoms with Gasteiger partial charge in [-0.1, -0.05) is 30.3 Å². The highest BCUT2D eigenvalue weighted by molar-refractivity contribution is 5.64. The van der Waals surface area contributed by atoms with Crippen molar-refractivity contribution in [1.82, 2.24) is 4.90 Å². The topological polar surface area (TPSA) is 81.6 Å². The highest BCUT2D eigenvalue weighted by atomic mass is 16.6. The van der Waals surface area contributed by atoms with Gasteiger partial charge >= 0.3 is 6.09 Å². The average Bonchev–Trinajstić information content (AvgIpc) is 2.71. The quantitative estimate of drug-likeness (QED) is 0.822. The zero-order chi connectivity index (χ0) is 13.0. The van der Waals surface area contributed by atoms with Crippen LogP contribution in [0.2, 0.25) is 0 Å². The molecule has 0 aromatic heterocycles. The van der Waals surface area contributed by atoms with E-state index in [2.05, 4.69) is 17.0 Å². The minimum Gasteiger partial charge on any atom is -0.445 e. The van der Waals surface area contributed by atoms with Crippen molar-refractivity contribution in [3.63, 3.8) is 0 Å². The molecule has 2 atom stereocenters. The van der Waals surface area contributed by atoms with E-state index in [1.807, 2.05) is 18.2 Å². The highest BCUT2D eigenvalue weighted by Gasteiger charge is 2.32. The normalized spacial score (nSPS) is 24.1. The Bertz CT molecular complexity index is 396. The molecule has 1 heterocycles. The summed E-state index contributed by atoms with van der Waals surface area (Å²) in [5.74, 6) is 0. The van der Waals surface area contributed by atoms with Gasteiger partial charge in [0.15, 0.2) is 0 Å². The van der Waals surface area contributed by atoms with Crippen LogP contribution >= 0.6 is 0 Å². The molecule has 98 valence electrons. The van der Waals surface area contributed by atoms with E-state index in [0.717, 1.165) is 13.0 Å². The molecule has 18 heavy (non-hydrogen) atoms. The Kier molecular flexibility index (Phi) is 4.17. The zero-order valence-electron chi connectivity index (χ0n) is 10.3. The number of hydrogen-bond donors (Lipinski definition) is 2. The number of amides is 1. The van der Waals surface area contributed by atoms with Crippen molar-refractivity contribution in [2.45, 2.75) is 25.1 Å². The molecule has 0 radical (unpaired) electrons. The highest BCUT2D eigenvalue weighted by Crippen LogP contribution is 2.22. The van der Waals surface area contributed by atoms with E-state index in [4.69, 9.17) is 16.2 Å². The summed E-state index contributed by atoms with van der Waals surface area (Å²) in [6, 6.07) is 10.4. The van der Waals surface area contributed by atoms with Crippen molar-refractivity contribution in [1.29, 1.82) is 0 Å². The number of ether oxygens (including phenoxy) is 1. The smallest absolute Gasteiger partial charge is 0.404 e. The lowest BCUT2D eigenvalue weighted by atomic mass is 10.2. The molecule has 0 spiro atoms. The number of benzene rings is 1. The van der Waals surface area contributed by atoms with Crippen LogP contribution in [0.4, 0.5) is 4.79 Å². The van der Waals surface area contributed by atoms with Gasteiger partial charge < -0.3 is 16.2 Å². The molecule has 1 aliphatic heterocycles. The van der Waals surface area contributed by atoms with Crippen LogP contribution in [0.5, 0.6) is 0 Å². The fourth-order valence-electron chi connectivity index (χ4n) is 2.44. The van der Waals surface area contributed by atoms with E-state index in [9.17, 15) is 4.79 Å². The van der Waals surface area contributed by atoms with Crippen molar-refractivity contribution < 1.29 is 9.53 Å². The molecule has 5 nitrogen and oxygen atoms in total. The summed E-state index contributed by atoms with van der Waals surface area (Å²) < 4.78 is 5.05. The summed E-state index contributed by atoms with van der Waals surface area (Å²) in [5, 5.41) is 0. The van der Waals surface area contributed by atoms with Crippen LogP contribution in [0, 0.1) is 0 Å². The number of nitrogens with two attached hydrogens (primary N) is 2. The van der Waals surface area contributed by atoms with Gasteiger partial charge in [0.2, 0.25) is 0 Å². The summed E-state index contributed by atoms with van der Waals surface area (Å²) in [7, 11) is 0. The van der Waals surface area contributed by atoms with Crippen LogP contribution in [0.3, 0.4) is 0 Å². The third kappa shape index (κ3) is 3.21. The van der Waals surface area contributed by atoms with Gasteiger partial charge in [-0.3, -0.25) is 4.90 Å². The maximum absolute atomic E-state index is 10.8. The maximum Gasteiger partial charge on any atom is 0.404 e. The SMILES string of the molecule is NC[C@@H]1C[C@H](OC(N)=O)CN1Cc1ccccc1. The minimum atomic E-state index is -0.711. The monoisotopic (exact) mass is 249 g/mol. The van der Waals surface area contributed by atoms with Crippen molar-refractivity contribution in [2.24, 2.45) is 11.5 Å². The Morgan fingerprint density at radius 1 is 1.39 bits per heavy atom. The van der Waals surface area contributed by atoms with Crippen molar-refractivity contribution in [2.75, 3.05) is 13.1 Å². The molecular weight excluding hydrogens is 230 g/mol. The molecular formula is C13H19N3O2. The van der Waals surface area contributed by atoms with Crippen LogP contribution in [0.15, 0.2) is 30.3 Å². The molecule has 1 saturated heterocycles. The predicted molar refractivity (Wildman–Crippen MR) is 68.8 cm³/mol. The average molecular weight is 249 g/mol. The number of nitrogens with zero attached hydrogens (tertiary/aromatic N) is 1. The van der Waals surface area contributed by atoms with Gasteiger partial charge in [-0.2, -0.15) is 0 Å². The first-order valence-corrected chi connectivity index (χ1v) is 6.13. The largest absolute Gasteiger partial charge is 0.445 e. The first-order chi connectivity index (χ1) is 8.69. The molecule has 1 aromatic rings. The molecule has 5 heteroatoms. The number of carbonyl (C=O) groups excluding carboxylic acids is 1. The Morgan fingerprint density at radius 3 is 2.72 bits per heavy atom. The third-order valence-electron chi connectivity index (χ3n) is 3.27. The number of carbonyl (C=O) groups is 1. The second-order valence-corrected chi connectivity index (χ2v) is 4.60. The van der Waals surface area contributed by atoms with Gasteiger partial charge in [-0.05, 0) is 5.56 Å². The fraction of sp³-hybridized carbons (Fsp3) is 0.462. The molecule has 0 aliphatic carbocycles. The summed E-state index contributed by atoms with van der Waals surface area (Å²) in [6.07, 6.45) is -0.0937. The van der Waals surface area contributed by atoms with Crippen molar-refractivity contribution >= 4 is 6.09 Å². The second-order valence-electron chi connectivity index (χ2n) is 4.60. The molecule has 0 unspecified atom stereocenters. The lowest BCUT2D eigenvalue weighted by Crippen LogP contribution is -2.35. The summed E-state index contributed by atoms with van der Waals surface area (Å²) in [5.41, 5.74) is 12.0. The first kappa shape index (κ1) is 12.9. The Labute approximate surface area is 107 Å². The molecule has 1 fully saturated rings. The molecule has 0 bridgehead atoms. The van der Waals surface area contributed by atoms with E-state index in [1.165, 1.54) is 5.56 Å². The Morgan fingerprint density at radius 2 is 2.11 bits per heavy atom. The van der Waals surface area contributed by atoms with E-state index in [-0.39, 0.29) is 12.1 Å². The van der Waals surface area contributed by atoms with E-state index < -0.39 is 6.09 Å². The number of likely N-dealkylation sites (tertiary alicyclic amines) is 1. The Balaban J connectivity index is 1.97. The van der Waals surface area contributed by atoms with E-state index >= 15 is 0 Å². The number of hydrogen-bond acceptors (Lipinski definition) is 4. The maximum atomic E-state index is 10.8. The van der Waals surface area contributed by atoms with Gasteiger partial charge in [0.1, 0.15) is 6.10 Å². The fourth-order valence-corrected chi connectivity index (χ4v) is 2.44. The van der Waals surface area contributed by atoms with Gasteiger partial charge in [0, 0.05) is 32.1 Å². The molecule has 4 N–H and O–H groups in total. The molecule has 2 rings (SSSR count). The first-order valence-electron chi connectivity index (χ1n) is 6.13. The Hall–Kier alpha value is -1.59. The van der Waals surface area contributed by atoms with Crippen LogP contribution < -0.4 is 11.5 Å². The van der Waals surface area contributed by atoms with E-state index in [0.29, 0.717) is 13.1 Å². The number of rotatable bonds is 4. The number of primary amides is 1. The second kappa shape index (κ2) is 5.84. The molecule has 0 saturated carbocycles. The predicted octanol–water partition coefficient (Wildman–Crippen LogP) is 0.684. The van der Waals surface area contributed by atoms with Gasteiger partial charge in [0.05, 0.1) is 0 Å². The van der Waals surface area contributed by atoms with Crippen molar-refractivity contribution in [3.05, 3.63) is 35.9 Å². The lowest BCUT2D eigenvalue weighted by molar-refractivity contribution is 0.109. The summed E-state index contributed by atoms with van der Waals surface area (Å²) >= 11 is 0. The third-order valence-corrected chi connectivity index (χ3v) is 3.27. The summed E-state index contributed by atoms with van der Waals surface area (Å²) in [4.78, 5) is 13.0. The molecule has 1 amide bonds. The lowest BCUT2D eigenvalue weighted by Gasteiger charge is -2.22. The zero-order valence-corrected chi connectivity index (χ0v) is 10.3. The minimum absolute atomic E-state index is 0.139. The van der Waals surface area contributed by atoms with Crippen LogP contribution in [0.1, 0.15) is 12.0 Å². The van der Waals surface area contributed by atoms with Crippen LogP contribution in [0.25, 0.3) is 0 Å². The summed E-state index contributed by atoms with van der Waals surface area (Å²) in [6.45, 7) is 2.08. The van der Waals surface area contributed by atoms with Gasteiger partial charge in [0.25, 0.3) is 0 Å². The van der Waals surface area contributed by atoms with Crippen LogP contribution in [-0.4, -0.2) is 36.2 Å². The molecule has 1 aromatic carbocycles. The van der Waals surface area contributed by atoms with E-state index in [1.54, 1.807) is 0 Å². The van der Waals surface area contributed by atoms with Crippen molar-refractivity contribution in [3.8, 4) is 0 Å². The van der Waals surface area contributed by atoms with Crippen LogP contribution in [-0.2, 0) is 11.3 Å². The molecule has 1 aliphatic rings. The van der Waals surface area contributed by atoms with Gasteiger partial charge in [-0.25, -0.2) is 4.79 Å².